The summed E-state index contributed by atoms with van der Waals surface area (Å²) in [6, 6.07) is 0. The normalized spacial score (nSPS) is 13.2. The third kappa shape index (κ3) is 4.23. The van der Waals surface area contributed by atoms with Gasteiger partial charge >= 0.3 is 158 Å². The molecule has 0 amide bonds. The van der Waals surface area contributed by atoms with Gasteiger partial charge in [0.05, 0.1) is 0 Å². The van der Waals surface area contributed by atoms with Crippen LogP contribution in [-0.4, -0.2) is 36.8 Å². The number of thiophene rings is 2. The second kappa shape index (κ2) is 7.23. The Kier molecular flexibility index (Phi) is 6.25. The molecule has 0 aliphatic carbocycles. The molecule has 0 saturated carbocycles. The van der Waals surface area contributed by atoms with Gasteiger partial charge in [0, 0.05) is 0 Å². The average Bonchev–Trinajstić information content (AvgIpc) is 2.88. The van der Waals surface area contributed by atoms with Gasteiger partial charge in [0.2, 0.25) is 0 Å². The molecule has 0 N–H and O–H groups in total. The number of halogens is 4. The SMILES string of the molecule is [CH3][Sn]([CH3])([CH3])[c]1sc(/C=C/c2s[c]([Sn]([CH3])([CH3])[CH3])c(F)c2F)c(F)c1F. The first-order valence-corrected chi connectivity index (χ1v) is 29.1. The first-order valence-electron chi connectivity index (χ1n) is 7.48. The van der Waals surface area contributed by atoms with Crippen molar-refractivity contribution in [3.05, 3.63) is 33.0 Å². The van der Waals surface area contributed by atoms with E-state index in [1.807, 2.05) is 29.6 Å². The minimum absolute atomic E-state index is 0.142. The molecule has 0 bridgehead atoms. The Hall–Kier alpha value is 0.457. The maximum absolute atomic E-state index is 14.1. The molecule has 132 valence electrons. The number of hydrogen-bond donors (Lipinski definition) is 0. The van der Waals surface area contributed by atoms with Gasteiger partial charge in [-0.1, -0.05) is 0 Å². The van der Waals surface area contributed by atoms with Gasteiger partial charge in [0.1, 0.15) is 0 Å². The number of rotatable bonds is 4. The summed E-state index contributed by atoms with van der Waals surface area (Å²) in [5.41, 5.74) is 0. The van der Waals surface area contributed by atoms with E-state index in [1.54, 1.807) is 0 Å². The summed E-state index contributed by atoms with van der Waals surface area (Å²) in [4.78, 5) is 12.3. The van der Waals surface area contributed by atoms with Gasteiger partial charge in [0.15, 0.2) is 0 Å². The second-order valence-electron chi connectivity index (χ2n) is 7.68. The van der Waals surface area contributed by atoms with Crippen molar-refractivity contribution in [1.29, 1.82) is 0 Å². The van der Waals surface area contributed by atoms with Gasteiger partial charge in [0.25, 0.3) is 0 Å². The quantitative estimate of drug-likeness (QED) is 0.321. The summed E-state index contributed by atoms with van der Waals surface area (Å²) >= 11 is -3.30. The van der Waals surface area contributed by atoms with Crippen molar-refractivity contribution in [1.82, 2.24) is 0 Å². The summed E-state index contributed by atoms with van der Waals surface area (Å²) in [7, 11) is 0. The first kappa shape index (κ1) is 20.8. The Balaban J connectivity index is 2.43. The molecule has 0 radical (unpaired) electrons. The third-order valence-electron chi connectivity index (χ3n) is 3.39. The molecular formula is C16H20F4S2Sn2. The molecular weight excluding hydrogens is 570 g/mol. The van der Waals surface area contributed by atoms with Gasteiger partial charge < -0.3 is 0 Å². The summed E-state index contributed by atoms with van der Waals surface area (Å²) in [6.45, 7) is 0. The van der Waals surface area contributed by atoms with Crippen LogP contribution in [-0.2, 0) is 0 Å². The molecule has 0 spiro atoms. The maximum atomic E-state index is 14.1. The van der Waals surface area contributed by atoms with Crippen LogP contribution < -0.4 is 5.79 Å². The standard InChI is InChI=1S/C10H2F4S2.6CH3.2Sn/c11-5-3-15-7(9(5)13)1-2-8-10(14)6(12)4-16-8;;;;;;;;/h1-2H;6*1H3;;/b2-1+;;;;;;;;. The van der Waals surface area contributed by atoms with E-state index >= 15 is 0 Å². The van der Waals surface area contributed by atoms with E-state index in [0.29, 0.717) is 5.79 Å². The summed E-state index contributed by atoms with van der Waals surface area (Å²) in [5, 5.41) is 0. The summed E-state index contributed by atoms with van der Waals surface area (Å²) in [5.74, 6) is -3.31. The Labute approximate surface area is 156 Å². The van der Waals surface area contributed by atoms with Crippen LogP contribution in [0.25, 0.3) is 12.2 Å². The van der Waals surface area contributed by atoms with Crippen LogP contribution in [0.5, 0.6) is 0 Å². The molecule has 2 rings (SSSR count). The molecule has 8 heteroatoms. The van der Waals surface area contributed by atoms with Crippen LogP contribution in [0, 0.1) is 23.3 Å². The summed E-state index contributed by atoms with van der Waals surface area (Å²) < 4.78 is 57.4. The van der Waals surface area contributed by atoms with Crippen molar-refractivity contribution in [2.45, 2.75) is 29.6 Å². The van der Waals surface area contributed by atoms with Crippen molar-refractivity contribution < 1.29 is 17.6 Å². The molecule has 0 aliphatic rings. The summed E-state index contributed by atoms with van der Waals surface area (Å²) in [6.07, 6.45) is 2.72. The molecule has 0 aliphatic heterocycles. The molecule has 2 aromatic rings. The van der Waals surface area contributed by atoms with Gasteiger partial charge in [-0.05, 0) is 0 Å². The van der Waals surface area contributed by atoms with Crippen LogP contribution >= 0.6 is 22.7 Å². The Morgan fingerprint density at radius 2 is 0.875 bits per heavy atom. The second-order valence-corrected chi connectivity index (χ2v) is 40.4. The van der Waals surface area contributed by atoms with Gasteiger partial charge in [-0.2, -0.15) is 0 Å². The molecule has 0 aromatic carbocycles. The monoisotopic (exact) mass is 592 g/mol. The Morgan fingerprint density at radius 3 is 1.08 bits per heavy atom. The average molecular weight is 590 g/mol. The van der Waals surface area contributed by atoms with Gasteiger partial charge in [-0.25, -0.2) is 0 Å². The van der Waals surface area contributed by atoms with Crippen molar-refractivity contribution in [2.24, 2.45) is 0 Å². The van der Waals surface area contributed by atoms with Crippen LogP contribution in [0.15, 0.2) is 0 Å². The predicted molar refractivity (Wildman–Crippen MR) is 103 cm³/mol. The molecule has 0 fully saturated rings. The number of hydrogen-bond acceptors (Lipinski definition) is 2. The zero-order valence-electron chi connectivity index (χ0n) is 14.5. The van der Waals surface area contributed by atoms with E-state index in [1.165, 1.54) is 12.2 Å². The third-order valence-corrected chi connectivity index (χ3v) is 24.2. The van der Waals surface area contributed by atoms with Crippen LogP contribution in [0.2, 0.25) is 29.6 Å². The fourth-order valence-corrected chi connectivity index (χ4v) is 15.7. The zero-order chi connectivity index (χ0) is 18.4. The fourth-order valence-electron chi connectivity index (χ4n) is 2.15. The topological polar surface area (TPSA) is 0 Å². The molecule has 0 nitrogen and oxygen atoms in total. The van der Waals surface area contributed by atoms with Crippen LogP contribution in [0.4, 0.5) is 17.6 Å². The van der Waals surface area contributed by atoms with E-state index in [-0.39, 0.29) is 9.75 Å². The van der Waals surface area contributed by atoms with Crippen molar-refractivity contribution in [2.75, 3.05) is 0 Å². The van der Waals surface area contributed by atoms with E-state index in [9.17, 15) is 17.6 Å². The minimum atomic E-state index is -2.74. The molecule has 0 saturated heterocycles. The molecule has 0 atom stereocenters. The fraction of sp³-hybridized carbons (Fsp3) is 0.375. The van der Waals surface area contributed by atoms with E-state index < -0.39 is 60.0 Å². The predicted octanol–water partition coefficient (Wildman–Crippen LogP) is 5.63. The van der Waals surface area contributed by atoms with E-state index in [0.717, 1.165) is 22.7 Å². The van der Waals surface area contributed by atoms with Crippen molar-refractivity contribution >= 4 is 77.4 Å². The molecule has 0 unspecified atom stereocenters. The van der Waals surface area contributed by atoms with E-state index in [4.69, 9.17) is 0 Å². The Morgan fingerprint density at radius 1 is 0.583 bits per heavy atom. The van der Waals surface area contributed by atoms with E-state index in [2.05, 4.69) is 0 Å². The van der Waals surface area contributed by atoms with Crippen LogP contribution in [0.1, 0.15) is 9.75 Å². The van der Waals surface area contributed by atoms with Crippen LogP contribution in [0.3, 0.4) is 0 Å². The van der Waals surface area contributed by atoms with Crippen molar-refractivity contribution in [3.8, 4) is 0 Å². The van der Waals surface area contributed by atoms with Crippen molar-refractivity contribution in [3.63, 3.8) is 0 Å². The van der Waals surface area contributed by atoms with Gasteiger partial charge in [-0.3, -0.25) is 0 Å². The van der Waals surface area contributed by atoms with Gasteiger partial charge in [-0.15, -0.1) is 0 Å². The first-order chi connectivity index (χ1) is 10.8. The Bertz CT molecular complexity index is 726. The molecule has 2 aromatic heterocycles. The molecule has 2 heterocycles. The molecule has 24 heavy (non-hydrogen) atoms. The zero-order valence-corrected chi connectivity index (χ0v) is 21.8.